The maximum Gasteiger partial charge on any atom is 0.255 e. The minimum Gasteiger partial charge on any atom is -0.353 e. The van der Waals surface area contributed by atoms with Crippen LogP contribution in [0, 0.1) is 16.7 Å². The van der Waals surface area contributed by atoms with Crippen molar-refractivity contribution in [3.05, 3.63) is 34.1 Å². The van der Waals surface area contributed by atoms with Crippen molar-refractivity contribution in [3.8, 4) is 6.07 Å². The van der Waals surface area contributed by atoms with Gasteiger partial charge in [0.25, 0.3) is 5.91 Å². The number of pyridine rings is 1. The fourth-order valence-electron chi connectivity index (χ4n) is 3.64. The molecule has 136 valence electrons. The molecule has 0 saturated heterocycles. The molecule has 1 N–H and O–H groups in total. The highest BCUT2D eigenvalue weighted by Crippen LogP contribution is 2.41. The third kappa shape index (κ3) is 3.08. The second-order valence-electron chi connectivity index (χ2n) is 7.63. The number of halogens is 1. The Morgan fingerprint density at radius 2 is 2.23 bits per heavy atom. The van der Waals surface area contributed by atoms with Crippen molar-refractivity contribution in [2.45, 2.75) is 46.2 Å². The predicted octanol–water partition coefficient (Wildman–Crippen LogP) is 2.46. The Morgan fingerprint density at radius 1 is 1.50 bits per heavy atom. The van der Waals surface area contributed by atoms with Gasteiger partial charge in [-0.05, 0) is 5.41 Å². The van der Waals surface area contributed by atoms with Gasteiger partial charge in [-0.1, -0.05) is 38.4 Å². The Balaban J connectivity index is 1.99. The standard InChI is InChI=1S/C19H21ClN4O2/c1-19(2,3)16(17(25)22-8-4-7-21)24-10-12-13(20)9-23-14-6-5-11(15(12)14)18(24)26/h5,9,16H,4,6,8,10H2,1-3H3,(H,22,25)/t16-/m0/s1. The molecule has 0 aromatic carbocycles. The largest absolute Gasteiger partial charge is 0.353 e. The molecule has 1 aliphatic carbocycles. The van der Waals surface area contributed by atoms with Gasteiger partial charge in [0.05, 0.1) is 23.2 Å². The van der Waals surface area contributed by atoms with Gasteiger partial charge >= 0.3 is 0 Å². The van der Waals surface area contributed by atoms with Gasteiger partial charge in [-0.25, -0.2) is 0 Å². The van der Waals surface area contributed by atoms with Crippen LogP contribution in [-0.4, -0.2) is 34.3 Å². The van der Waals surface area contributed by atoms with Crippen LogP contribution in [0.3, 0.4) is 0 Å². The van der Waals surface area contributed by atoms with Crippen molar-refractivity contribution in [1.29, 1.82) is 5.26 Å². The van der Waals surface area contributed by atoms with Gasteiger partial charge in [-0.15, -0.1) is 0 Å². The summed E-state index contributed by atoms with van der Waals surface area (Å²) in [6.07, 6.45) is 4.30. The van der Waals surface area contributed by atoms with Crippen LogP contribution in [0.1, 0.15) is 44.0 Å². The molecule has 7 heteroatoms. The summed E-state index contributed by atoms with van der Waals surface area (Å²) in [5.41, 5.74) is 2.63. The summed E-state index contributed by atoms with van der Waals surface area (Å²) in [5, 5.41) is 12.0. The van der Waals surface area contributed by atoms with Crippen LogP contribution in [0.5, 0.6) is 0 Å². The van der Waals surface area contributed by atoms with Crippen LogP contribution in [0.25, 0.3) is 5.57 Å². The van der Waals surface area contributed by atoms with E-state index in [1.807, 2.05) is 32.9 Å². The molecule has 1 aliphatic heterocycles. The Labute approximate surface area is 157 Å². The van der Waals surface area contributed by atoms with Gasteiger partial charge in [0.15, 0.2) is 0 Å². The third-order valence-corrected chi connectivity index (χ3v) is 5.04. The van der Waals surface area contributed by atoms with E-state index in [0.29, 0.717) is 17.0 Å². The first kappa shape index (κ1) is 18.4. The number of nitrogens with one attached hydrogen (secondary N) is 1. The molecule has 6 nitrogen and oxygen atoms in total. The molecule has 0 fully saturated rings. The van der Waals surface area contributed by atoms with Crippen molar-refractivity contribution in [2.75, 3.05) is 6.54 Å². The maximum atomic E-state index is 13.1. The molecule has 2 heterocycles. The molecular weight excluding hydrogens is 352 g/mol. The third-order valence-electron chi connectivity index (χ3n) is 4.72. The van der Waals surface area contributed by atoms with Gasteiger partial charge in [0.2, 0.25) is 5.91 Å². The van der Waals surface area contributed by atoms with E-state index >= 15 is 0 Å². The molecule has 1 atom stereocenters. The number of carbonyl (C=O) groups excluding carboxylic acids is 2. The Morgan fingerprint density at radius 3 is 2.88 bits per heavy atom. The zero-order chi connectivity index (χ0) is 19.1. The van der Waals surface area contributed by atoms with Gasteiger partial charge in [-0.3, -0.25) is 14.6 Å². The van der Waals surface area contributed by atoms with Crippen LogP contribution in [0.15, 0.2) is 12.3 Å². The van der Waals surface area contributed by atoms with E-state index in [1.54, 1.807) is 11.1 Å². The summed E-state index contributed by atoms with van der Waals surface area (Å²) in [4.78, 5) is 31.9. The summed E-state index contributed by atoms with van der Waals surface area (Å²) in [6.45, 7) is 6.30. The lowest BCUT2D eigenvalue weighted by Crippen LogP contribution is -2.56. The van der Waals surface area contributed by atoms with E-state index in [2.05, 4.69) is 10.3 Å². The van der Waals surface area contributed by atoms with E-state index in [1.165, 1.54) is 0 Å². The lowest BCUT2D eigenvalue weighted by atomic mass is 9.83. The number of rotatable bonds is 4. The van der Waals surface area contributed by atoms with Crippen LogP contribution < -0.4 is 5.32 Å². The van der Waals surface area contributed by atoms with Crippen molar-refractivity contribution < 1.29 is 9.59 Å². The molecule has 2 aliphatic rings. The molecule has 0 bridgehead atoms. The van der Waals surface area contributed by atoms with Crippen LogP contribution in [-0.2, 0) is 22.6 Å². The molecule has 1 aromatic heterocycles. The molecule has 0 unspecified atom stereocenters. The van der Waals surface area contributed by atoms with Gasteiger partial charge in [0.1, 0.15) is 6.04 Å². The highest BCUT2D eigenvalue weighted by molar-refractivity contribution is 6.32. The van der Waals surface area contributed by atoms with Crippen LogP contribution in [0.4, 0.5) is 0 Å². The number of nitrogens with zero attached hydrogens (tertiary/aromatic N) is 3. The highest BCUT2D eigenvalue weighted by atomic mass is 35.5. The molecule has 0 radical (unpaired) electrons. The smallest absolute Gasteiger partial charge is 0.255 e. The van der Waals surface area contributed by atoms with E-state index in [0.717, 1.165) is 16.8 Å². The van der Waals surface area contributed by atoms with E-state index in [-0.39, 0.29) is 31.3 Å². The number of nitriles is 1. The molecule has 0 saturated carbocycles. The van der Waals surface area contributed by atoms with Crippen molar-refractivity contribution in [3.63, 3.8) is 0 Å². The van der Waals surface area contributed by atoms with Crippen molar-refractivity contribution >= 4 is 29.0 Å². The molecule has 1 aromatic rings. The lowest BCUT2D eigenvalue weighted by Gasteiger charge is -2.41. The average molecular weight is 373 g/mol. The quantitative estimate of drug-likeness (QED) is 0.822. The summed E-state index contributed by atoms with van der Waals surface area (Å²) in [5.74, 6) is -0.427. The fraction of sp³-hybridized carbons (Fsp3) is 0.474. The maximum absolute atomic E-state index is 13.1. The van der Waals surface area contributed by atoms with E-state index in [4.69, 9.17) is 16.9 Å². The molecular formula is C19H21ClN4O2. The zero-order valence-corrected chi connectivity index (χ0v) is 15.9. The SMILES string of the molecule is CC(C)(C)[C@H](C(=O)NCCC#N)N1Cc2c(Cl)cnc3c2C(=CC3)C1=O. The van der Waals surface area contributed by atoms with E-state index in [9.17, 15) is 9.59 Å². The number of carbonyl (C=O) groups is 2. The Bertz CT molecular complexity index is 848. The molecule has 0 spiro atoms. The first-order chi connectivity index (χ1) is 12.3. The first-order valence-electron chi connectivity index (χ1n) is 8.58. The summed E-state index contributed by atoms with van der Waals surface area (Å²) in [7, 11) is 0. The van der Waals surface area contributed by atoms with Crippen molar-refractivity contribution in [2.24, 2.45) is 5.41 Å². The van der Waals surface area contributed by atoms with Gasteiger partial charge in [-0.2, -0.15) is 5.26 Å². The Kier molecular flexibility index (Phi) is 4.76. The number of aromatic nitrogens is 1. The zero-order valence-electron chi connectivity index (χ0n) is 15.1. The number of allylic oxidation sites excluding steroid dienone is 1. The van der Waals surface area contributed by atoms with Crippen molar-refractivity contribution in [1.82, 2.24) is 15.2 Å². The second kappa shape index (κ2) is 6.73. The second-order valence-corrected chi connectivity index (χ2v) is 8.04. The number of hydrogen-bond acceptors (Lipinski definition) is 4. The van der Waals surface area contributed by atoms with Crippen LogP contribution in [0.2, 0.25) is 5.02 Å². The molecule has 2 amide bonds. The monoisotopic (exact) mass is 372 g/mol. The topological polar surface area (TPSA) is 86.1 Å². The molecule has 3 rings (SSSR count). The first-order valence-corrected chi connectivity index (χ1v) is 8.96. The Hall–Kier alpha value is -2.39. The average Bonchev–Trinajstić information content (AvgIpc) is 2.99. The summed E-state index contributed by atoms with van der Waals surface area (Å²) in [6, 6.07) is 1.33. The lowest BCUT2D eigenvalue weighted by molar-refractivity contribution is -0.141. The summed E-state index contributed by atoms with van der Waals surface area (Å²) < 4.78 is 0. The minimum absolute atomic E-state index is 0.171. The van der Waals surface area contributed by atoms with Gasteiger partial charge in [0, 0.05) is 42.4 Å². The normalized spacial score (nSPS) is 16.7. The highest BCUT2D eigenvalue weighted by Gasteiger charge is 2.44. The van der Waals surface area contributed by atoms with Crippen LogP contribution >= 0.6 is 11.6 Å². The molecule has 26 heavy (non-hydrogen) atoms. The summed E-state index contributed by atoms with van der Waals surface area (Å²) >= 11 is 6.36. The fourth-order valence-corrected chi connectivity index (χ4v) is 3.84. The number of amides is 2. The number of hydrogen-bond donors (Lipinski definition) is 1. The predicted molar refractivity (Wildman–Crippen MR) is 98.0 cm³/mol. The van der Waals surface area contributed by atoms with Gasteiger partial charge < -0.3 is 10.2 Å². The minimum atomic E-state index is -0.670. The van der Waals surface area contributed by atoms with E-state index < -0.39 is 11.5 Å².